The molecule has 0 radical (unpaired) electrons. The quantitative estimate of drug-likeness (QED) is 0.680. The molecule has 3 nitrogen and oxygen atoms in total. The molecule has 3 heteroatoms. The maximum Gasteiger partial charge on any atom is 0.0971 e. The lowest BCUT2D eigenvalue weighted by atomic mass is 9.54. The highest BCUT2D eigenvalue weighted by Gasteiger charge is 2.56. The first-order valence-electron chi connectivity index (χ1n) is 9.47. The highest BCUT2D eigenvalue weighted by atomic mass is 16.3. The first kappa shape index (κ1) is 16.4. The van der Waals surface area contributed by atoms with Gasteiger partial charge in [0, 0.05) is 17.4 Å². The maximum atomic E-state index is 11.1. The molecule has 0 aromatic carbocycles. The van der Waals surface area contributed by atoms with Crippen LogP contribution in [0.4, 0.5) is 0 Å². The van der Waals surface area contributed by atoms with Gasteiger partial charge >= 0.3 is 0 Å². The summed E-state index contributed by atoms with van der Waals surface area (Å²) >= 11 is 0. The fourth-order valence-electron chi connectivity index (χ4n) is 6.37. The number of aliphatic hydroxyl groups excluding tert-OH is 3. The molecule has 2 saturated carbocycles. The van der Waals surface area contributed by atoms with Gasteiger partial charge < -0.3 is 15.3 Å². The van der Waals surface area contributed by atoms with Crippen molar-refractivity contribution in [2.75, 3.05) is 0 Å². The first-order chi connectivity index (χ1) is 11.3. The van der Waals surface area contributed by atoms with Gasteiger partial charge in [0.2, 0.25) is 0 Å². The van der Waals surface area contributed by atoms with E-state index >= 15 is 0 Å². The lowest BCUT2D eigenvalue weighted by molar-refractivity contribution is 0.0319. The molecule has 0 saturated heterocycles. The third kappa shape index (κ3) is 2.04. The Labute approximate surface area is 144 Å². The van der Waals surface area contributed by atoms with Crippen LogP contribution in [-0.2, 0) is 0 Å². The number of rotatable bonds is 1. The average molecular weight is 330 g/mol. The Balaban J connectivity index is 1.82. The van der Waals surface area contributed by atoms with E-state index in [0.717, 1.165) is 37.7 Å². The lowest BCUT2D eigenvalue weighted by Crippen LogP contribution is -2.43. The number of fused-ring (bicyclic) bond motifs is 5. The molecule has 0 amide bonds. The molecule has 0 bridgehead atoms. The van der Waals surface area contributed by atoms with Gasteiger partial charge in [-0.05, 0) is 61.9 Å². The molecular weight excluding hydrogens is 300 g/mol. The standard InChI is InChI=1S/C21H30O3/c1-12(22)16-6-7-17-15-5-4-13-10-14(23)8-9-20(13,2)19(15)18(24)11-21(16,17)3/h4-5,12,14,16-17,22-24H,6-11H2,1-3H3/t12-,14-,16+,17-,20-,21+/m0/s1. The molecule has 0 unspecified atom stereocenters. The minimum Gasteiger partial charge on any atom is -0.512 e. The summed E-state index contributed by atoms with van der Waals surface area (Å²) in [7, 11) is 0. The monoisotopic (exact) mass is 330 g/mol. The molecule has 6 atom stereocenters. The predicted octanol–water partition coefficient (Wildman–Crippen LogP) is 4.03. The van der Waals surface area contributed by atoms with Crippen molar-refractivity contribution in [1.82, 2.24) is 0 Å². The summed E-state index contributed by atoms with van der Waals surface area (Å²) < 4.78 is 0. The maximum absolute atomic E-state index is 11.1. The molecule has 0 spiro atoms. The molecule has 4 aliphatic rings. The molecule has 0 aliphatic heterocycles. The Bertz CT molecular complexity index is 656. The molecule has 3 N–H and O–H groups in total. The molecule has 2 fully saturated rings. The second-order valence-electron chi connectivity index (χ2n) is 9.02. The van der Waals surface area contributed by atoms with Gasteiger partial charge in [0.15, 0.2) is 0 Å². The number of hydrogen-bond acceptors (Lipinski definition) is 3. The van der Waals surface area contributed by atoms with Crippen molar-refractivity contribution >= 4 is 0 Å². The Kier molecular flexibility index (Phi) is 3.57. The largest absolute Gasteiger partial charge is 0.512 e. The van der Waals surface area contributed by atoms with E-state index in [1.165, 1.54) is 11.1 Å². The van der Waals surface area contributed by atoms with Crippen LogP contribution in [0.15, 0.2) is 34.6 Å². The van der Waals surface area contributed by atoms with Gasteiger partial charge in [-0.15, -0.1) is 0 Å². The smallest absolute Gasteiger partial charge is 0.0971 e. The topological polar surface area (TPSA) is 60.7 Å². The van der Waals surface area contributed by atoms with Crippen LogP contribution < -0.4 is 0 Å². The van der Waals surface area contributed by atoms with Crippen LogP contribution in [0.1, 0.15) is 59.3 Å². The van der Waals surface area contributed by atoms with E-state index < -0.39 is 0 Å². The van der Waals surface area contributed by atoms with E-state index in [2.05, 4.69) is 26.0 Å². The zero-order valence-electron chi connectivity index (χ0n) is 15.0. The minimum atomic E-state index is -0.329. The summed E-state index contributed by atoms with van der Waals surface area (Å²) in [5.74, 6) is 1.19. The minimum absolute atomic E-state index is 0.0521. The number of aliphatic hydroxyl groups is 3. The molecule has 4 rings (SSSR count). The van der Waals surface area contributed by atoms with Gasteiger partial charge in [-0.1, -0.05) is 31.6 Å². The van der Waals surface area contributed by atoms with E-state index in [0.29, 0.717) is 18.1 Å². The van der Waals surface area contributed by atoms with Crippen molar-refractivity contribution in [3.63, 3.8) is 0 Å². The molecular formula is C21H30O3. The third-order valence-electron chi connectivity index (χ3n) is 7.65. The van der Waals surface area contributed by atoms with Crippen LogP contribution in [0.5, 0.6) is 0 Å². The van der Waals surface area contributed by atoms with Crippen molar-refractivity contribution in [3.8, 4) is 0 Å². The van der Waals surface area contributed by atoms with Crippen molar-refractivity contribution < 1.29 is 15.3 Å². The van der Waals surface area contributed by atoms with Crippen LogP contribution >= 0.6 is 0 Å². The van der Waals surface area contributed by atoms with Crippen LogP contribution in [0.3, 0.4) is 0 Å². The van der Waals surface area contributed by atoms with Crippen molar-refractivity contribution in [2.24, 2.45) is 22.7 Å². The van der Waals surface area contributed by atoms with Crippen molar-refractivity contribution in [3.05, 3.63) is 34.6 Å². The number of allylic oxidation sites excluding steroid dienone is 5. The van der Waals surface area contributed by atoms with E-state index in [-0.39, 0.29) is 29.0 Å². The molecule has 0 aromatic heterocycles. The molecule has 24 heavy (non-hydrogen) atoms. The zero-order chi connectivity index (χ0) is 17.3. The molecule has 0 aromatic rings. The van der Waals surface area contributed by atoms with Gasteiger partial charge in [0.25, 0.3) is 0 Å². The second-order valence-corrected chi connectivity index (χ2v) is 9.02. The highest BCUT2D eigenvalue weighted by Crippen LogP contribution is 2.64. The summed E-state index contributed by atoms with van der Waals surface area (Å²) in [6, 6.07) is 0. The summed E-state index contributed by atoms with van der Waals surface area (Å²) in [5, 5.41) is 31.3. The van der Waals surface area contributed by atoms with Crippen molar-refractivity contribution in [1.29, 1.82) is 0 Å². The Hall–Kier alpha value is -1.06. The van der Waals surface area contributed by atoms with E-state index in [1.54, 1.807) is 0 Å². The number of hydrogen-bond donors (Lipinski definition) is 3. The van der Waals surface area contributed by atoms with Gasteiger partial charge in [-0.3, -0.25) is 0 Å². The Morgan fingerprint density at radius 1 is 1.17 bits per heavy atom. The Morgan fingerprint density at radius 3 is 2.62 bits per heavy atom. The lowest BCUT2D eigenvalue weighted by Gasteiger charge is -2.51. The van der Waals surface area contributed by atoms with E-state index in [4.69, 9.17) is 0 Å². The summed E-state index contributed by atoms with van der Waals surface area (Å²) in [6.07, 6.45) is 9.05. The van der Waals surface area contributed by atoms with Crippen LogP contribution in [0.25, 0.3) is 0 Å². The predicted molar refractivity (Wildman–Crippen MR) is 94.4 cm³/mol. The zero-order valence-corrected chi connectivity index (χ0v) is 15.0. The summed E-state index contributed by atoms with van der Waals surface area (Å²) in [5.41, 5.74) is 3.52. The first-order valence-corrected chi connectivity index (χ1v) is 9.47. The average Bonchev–Trinajstić information content (AvgIpc) is 2.84. The van der Waals surface area contributed by atoms with Crippen LogP contribution in [-0.4, -0.2) is 27.5 Å². The van der Waals surface area contributed by atoms with Gasteiger partial charge in [-0.25, -0.2) is 0 Å². The second kappa shape index (κ2) is 5.22. The molecule has 132 valence electrons. The van der Waals surface area contributed by atoms with E-state index in [9.17, 15) is 15.3 Å². The molecule has 0 heterocycles. The van der Waals surface area contributed by atoms with Gasteiger partial charge in [0.1, 0.15) is 0 Å². The summed E-state index contributed by atoms with van der Waals surface area (Å²) in [4.78, 5) is 0. The molecule has 4 aliphatic carbocycles. The van der Waals surface area contributed by atoms with Crippen molar-refractivity contribution in [2.45, 2.75) is 71.5 Å². The summed E-state index contributed by atoms with van der Waals surface area (Å²) in [6.45, 7) is 6.39. The SMILES string of the molecule is C[C@H](O)[C@H]1CC[C@H]2C3=CC=C4C[C@@H](O)CC[C@]4(C)C3=C(O)C[C@]12C. The van der Waals surface area contributed by atoms with Crippen LogP contribution in [0.2, 0.25) is 0 Å². The third-order valence-corrected chi connectivity index (χ3v) is 7.65. The van der Waals surface area contributed by atoms with E-state index in [1.807, 2.05) is 6.92 Å². The fraction of sp³-hybridized carbons (Fsp3) is 0.714. The van der Waals surface area contributed by atoms with Crippen LogP contribution in [0, 0.1) is 22.7 Å². The highest BCUT2D eigenvalue weighted by molar-refractivity contribution is 5.55. The normalized spacial score (nSPS) is 45.8. The van der Waals surface area contributed by atoms with Gasteiger partial charge in [-0.2, -0.15) is 0 Å². The Morgan fingerprint density at radius 2 is 1.92 bits per heavy atom. The van der Waals surface area contributed by atoms with Gasteiger partial charge in [0.05, 0.1) is 18.0 Å². The fourth-order valence-corrected chi connectivity index (χ4v) is 6.37.